The number of imide groups is 1. The van der Waals surface area contributed by atoms with Gasteiger partial charge in [-0.15, -0.1) is 0 Å². The molecule has 0 radical (unpaired) electrons. The van der Waals surface area contributed by atoms with Crippen molar-refractivity contribution in [2.24, 2.45) is 11.8 Å². The summed E-state index contributed by atoms with van der Waals surface area (Å²) in [5, 5.41) is 3.02. The molecule has 2 amide bonds. The second-order valence-corrected chi connectivity index (χ2v) is 5.57. The van der Waals surface area contributed by atoms with Crippen LogP contribution in [0, 0.1) is 11.8 Å². The number of hydrogen-bond donors (Lipinski definition) is 1. The molecule has 102 valence electrons. The number of hydrogen-bond acceptors (Lipinski definition) is 2. The predicted molar refractivity (Wildman–Crippen MR) is 74.9 cm³/mol. The zero-order valence-electron chi connectivity index (χ0n) is 11.2. The Bertz CT molecular complexity index is 501. The molecule has 0 aliphatic carbocycles. The highest BCUT2D eigenvalue weighted by Crippen LogP contribution is 2.39. The van der Waals surface area contributed by atoms with E-state index in [-0.39, 0.29) is 23.7 Å². The number of carbonyl (C=O) groups excluding carboxylic acids is 2. The van der Waals surface area contributed by atoms with Crippen LogP contribution in [0.1, 0.15) is 38.2 Å². The Kier molecular flexibility index (Phi) is 4.25. The molecule has 1 aromatic rings. The van der Waals surface area contributed by atoms with E-state index in [1.165, 1.54) is 0 Å². The van der Waals surface area contributed by atoms with Gasteiger partial charge < -0.3 is 0 Å². The zero-order chi connectivity index (χ0) is 14.0. The van der Waals surface area contributed by atoms with Gasteiger partial charge in [0.05, 0.1) is 5.92 Å². The summed E-state index contributed by atoms with van der Waals surface area (Å²) in [5.74, 6) is -0.419. The summed E-state index contributed by atoms with van der Waals surface area (Å²) in [4.78, 5) is 23.8. The SMILES string of the molecule is CCC(C)C1CC(=O)NC(=O)C1c1ccccc1Cl. The molecule has 0 aromatic heterocycles. The molecule has 1 aromatic carbocycles. The number of benzene rings is 1. The van der Waals surface area contributed by atoms with Crippen LogP contribution in [0.15, 0.2) is 24.3 Å². The first-order valence-corrected chi connectivity index (χ1v) is 7.00. The number of carbonyl (C=O) groups is 2. The van der Waals surface area contributed by atoms with Gasteiger partial charge in [-0.3, -0.25) is 14.9 Å². The highest BCUT2D eigenvalue weighted by molar-refractivity contribution is 6.31. The van der Waals surface area contributed by atoms with E-state index >= 15 is 0 Å². The first-order chi connectivity index (χ1) is 9.04. The molecular formula is C15H18ClNO2. The third kappa shape index (κ3) is 2.81. The molecule has 4 heteroatoms. The standard InChI is InChI=1S/C15H18ClNO2/c1-3-9(2)11-8-13(18)17-15(19)14(11)10-6-4-5-7-12(10)16/h4-7,9,11,14H,3,8H2,1-2H3,(H,17,18,19). The molecule has 1 fully saturated rings. The zero-order valence-corrected chi connectivity index (χ0v) is 11.9. The lowest BCUT2D eigenvalue weighted by Gasteiger charge is -2.34. The van der Waals surface area contributed by atoms with Crippen LogP contribution < -0.4 is 5.32 Å². The molecule has 3 unspecified atom stereocenters. The van der Waals surface area contributed by atoms with Crippen molar-refractivity contribution in [1.82, 2.24) is 5.32 Å². The Balaban J connectivity index is 2.41. The van der Waals surface area contributed by atoms with E-state index in [0.29, 0.717) is 17.4 Å². The van der Waals surface area contributed by atoms with Gasteiger partial charge >= 0.3 is 0 Å². The van der Waals surface area contributed by atoms with Gasteiger partial charge in [0, 0.05) is 11.4 Å². The lowest BCUT2D eigenvalue weighted by atomic mass is 9.73. The number of nitrogens with one attached hydrogen (secondary N) is 1. The van der Waals surface area contributed by atoms with Crippen LogP contribution in [0.3, 0.4) is 0 Å². The summed E-state index contributed by atoms with van der Waals surface area (Å²) < 4.78 is 0. The number of halogens is 1. The van der Waals surface area contributed by atoms with Crippen molar-refractivity contribution >= 4 is 23.4 Å². The summed E-state index contributed by atoms with van der Waals surface area (Å²) in [6, 6.07) is 7.38. The summed E-state index contributed by atoms with van der Waals surface area (Å²) in [6.45, 7) is 4.16. The number of amides is 2. The lowest BCUT2D eigenvalue weighted by molar-refractivity contribution is -0.137. The minimum Gasteiger partial charge on any atom is -0.296 e. The molecule has 0 saturated carbocycles. The van der Waals surface area contributed by atoms with Gasteiger partial charge in [0.1, 0.15) is 0 Å². The lowest BCUT2D eigenvalue weighted by Crippen LogP contribution is -2.46. The van der Waals surface area contributed by atoms with Crippen molar-refractivity contribution in [1.29, 1.82) is 0 Å². The van der Waals surface area contributed by atoms with Gasteiger partial charge in [0.15, 0.2) is 0 Å². The Labute approximate surface area is 118 Å². The molecule has 3 nitrogen and oxygen atoms in total. The van der Waals surface area contributed by atoms with Gasteiger partial charge in [-0.25, -0.2) is 0 Å². The van der Waals surface area contributed by atoms with Gasteiger partial charge in [-0.2, -0.15) is 0 Å². The van der Waals surface area contributed by atoms with E-state index in [1.54, 1.807) is 6.07 Å². The van der Waals surface area contributed by atoms with E-state index in [2.05, 4.69) is 19.2 Å². The highest BCUT2D eigenvalue weighted by Gasteiger charge is 2.39. The second kappa shape index (κ2) is 5.74. The van der Waals surface area contributed by atoms with Crippen LogP contribution in [0.2, 0.25) is 5.02 Å². The largest absolute Gasteiger partial charge is 0.296 e. The van der Waals surface area contributed by atoms with Crippen molar-refractivity contribution in [2.75, 3.05) is 0 Å². The predicted octanol–water partition coefficient (Wildman–Crippen LogP) is 3.13. The molecule has 1 aliphatic heterocycles. The molecule has 19 heavy (non-hydrogen) atoms. The normalized spacial score (nSPS) is 25.0. The molecule has 1 heterocycles. The average molecular weight is 280 g/mol. The van der Waals surface area contributed by atoms with Crippen LogP contribution in [0.25, 0.3) is 0 Å². The van der Waals surface area contributed by atoms with E-state index in [1.807, 2.05) is 18.2 Å². The van der Waals surface area contributed by atoms with E-state index < -0.39 is 0 Å². The summed E-state index contributed by atoms with van der Waals surface area (Å²) >= 11 is 6.21. The molecule has 0 bridgehead atoms. The minimum absolute atomic E-state index is 0.0196. The monoisotopic (exact) mass is 279 g/mol. The van der Waals surface area contributed by atoms with Crippen LogP contribution in [0.5, 0.6) is 0 Å². The summed E-state index contributed by atoms with van der Waals surface area (Å²) in [6.07, 6.45) is 1.32. The van der Waals surface area contributed by atoms with Gasteiger partial charge in [-0.05, 0) is 23.5 Å². The fourth-order valence-corrected chi connectivity index (χ4v) is 2.98. The van der Waals surface area contributed by atoms with Crippen LogP contribution in [0.4, 0.5) is 0 Å². The minimum atomic E-state index is -0.332. The molecule has 0 spiro atoms. The molecule has 1 N–H and O–H groups in total. The van der Waals surface area contributed by atoms with Crippen molar-refractivity contribution in [3.8, 4) is 0 Å². The average Bonchev–Trinajstić information content (AvgIpc) is 2.38. The fraction of sp³-hybridized carbons (Fsp3) is 0.467. The first kappa shape index (κ1) is 14.1. The van der Waals surface area contributed by atoms with Crippen molar-refractivity contribution in [3.05, 3.63) is 34.9 Å². The van der Waals surface area contributed by atoms with Crippen LogP contribution in [-0.4, -0.2) is 11.8 Å². The first-order valence-electron chi connectivity index (χ1n) is 6.62. The number of rotatable bonds is 3. The fourth-order valence-electron chi connectivity index (χ4n) is 2.72. The van der Waals surface area contributed by atoms with Crippen LogP contribution >= 0.6 is 11.6 Å². The Hall–Kier alpha value is -1.35. The third-order valence-electron chi connectivity index (χ3n) is 4.01. The molecular weight excluding hydrogens is 262 g/mol. The molecule has 2 rings (SSSR count). The Morgan fingerprint density at radius 3 is 2.68 bits per heavy atom. The maximum atomic E-state index is 12.2. The van der Waals surface area contributed by atoms with Crippen molar-refractivity contribution < 1.29 is 9.59 Å². The third-order valence-corrected chi connectivity index (χ3v) is 4.35. The van der Waals surface area contributed by atoms with E-state index in [4.69, 9.17) is 11.6 Å². The van der Waals surface area contributed by atoms with Crippen molar-refractivity contribution in [2.45, 2.75) is 32.6 Å². The smallest absolute Gasteiger partial charge is 0.234 e. The van der Waals surface area contributed by atoms with E-state index in [0.717, 1.165) is 12.0 Å². The van der Waals surface area contributed by atoms with Crippen molar-refractivity contribution in [3.63, 3.8) is 0 Å². The maximum Gasteiger partial charge on any atom is 0.234 e. The summed E-state index contributed by atoms with van der Waals surface area (Å²) in [7, 11) is 0. The molecule has 1 saturated heterocycles. The number of piperidine rings is 1. The van der Waals surface area contributed by atoms with Gasteiger partial charge in [0.25, 0.3) is 0 Å². The quantitative estimate of drug-likeness (QED) is 0.864. The summed E-state index contributed by atoms with van der Waals surface area (Å²) in [5.41, 5.74) is 0.819. The van der Waals surface area contributed by atoms with E-state index in [9.17, 15) is 9.59 Å². The molecule has 1 aliphatic rings. The van der Waals surface area contributed by atoms with Gasteiger partial charge in [-0.1, -0.05) is 50.1 Å². The Morgan fingerprint density at radius 1 is 1.37 bits per heavy atom. The van der Waals surface area contributed by atoms with Crippen LogP contribution in [-0.2, 0) is 9.59 Å². The second-order valence-electron chi connectivity index (χ2n) is 5.17. The highest BCUT2D eigenvalue weighted by atomic mass is 35.5. The molecule has 3 atom stereocenters. The maximum absolute atomic E-state index is 12.2. The Morgan fingerprint density at radius 2 is 2.05 bits per heavy atom. The topological polar surface area (TPSA) is 46.2 Å². The van der Waals surface area contributed by atoms with Gasteiger partial charge in [0.2, 0.25) is 11.8 Å².